The predicted octanol–water partition coefficient (Wildman–Crippen LogP) is 0.141. The summed E-state index contributed by atoms with van der Waals surface area (Å²) in [5, 5.41) is 35.8. The monoisotopic (exact) mass is 408 g/mol. The van der Waals surface area contributed by atoms with E-state index < -0.39 is 75.4 Å². The van der Waals surface area contributed by atoms with E-state index in [4.69, 9.17) is 0 Å². The second-order valence-electron chi connectivity index (χ2n) is 4.82. The van der Waals surface area contributed by atoms with Crippen LogP contribution in [-0.2, 0) is 20.2 Å². The molecule has 0 aliphatic carbocycles. The molecule has 0 saturated carbocycles. The van der Waals surface area contributed by atoms with Crippen LogP contribution in [0, 0.1) is 0 Å². The molecule has 0 atom stereocenters. The van der Waals surface area contributed by atoms with Gasteiger partial charge in [-0.1, -0.05) is 0 Å². The fourth-order valence-electron chi connectivity index (χ4n) is 2.42. The molecule has 140 valence electrons. The number of hydrogen-bond acceptors (Lipinski definition) is 8. The smallest absolute Gasteiger partial charge is 0.338 e. The van der Waals surface area contributed by atoms with E-state index in [1.807, 2.05) is 0 Å². The van der Waals surface area contributed by atoms with Crippen LogP contribution in [0.15, 0.2) is 21.9 Å². The zero-order chi connectivity index (χ0) is 20.2. The lowest BCUT2D eigenvalue weighted by Gasteiger charge is -2.16. The molecule has 0 heterocycles. The molecule has 2 aromatic rings. The first-order chi connectivity index (χ1) is 11.7. The molecule has 0 saturated heterocycles. The summed E-state index contributed by atoms with van der Waals surface area (Å²) in [6.07, 6.45) is 0. The van der Waals surface area contributed by atoms with Crippen LogP contribution in [0.4, 0.5) is 0 Å². The highest BCUT2D eigenvalue weighted by molar-refractivity contribution is 7.89. The number of carboxylic acids is 2. The van der Waals surface area contributed by atoms with Crippen molar-refractivity contribution in [2.24, 2.45) is 0 Å². The molecular formula is C12H8O12S2. The molecule has 2 aromatic carbocycles. The summed E-state index contributed by atoms with van der Waals surface area (Å²) in [5.74, 6) is -6.70. The lowest BCUT2D eigenvalue weighted by atomic mass is 9.97. The van der Waals surface area contributed by atoms with Crippen molar-refractivity contribution in [2.45, 2.75) is 9.79 Å². The summed E-state index contributed by atoms with van der Waals surface area (Å²) in [6.45, 7) is 0. The minimum Gasteiger partial charge on any atom is -0.504 e. The third-order valence-corrected chi connectivity index (χ3v) is 5.27. The minimum atomic E-state index is -5.69. The van der Waals surface area contributed by atoms with E-state index in [1.54, 1.807) is 0 Å². The Labute approximate surface area is 144 Å². The number of aromatic carboxylic acids is 2. The molecular weight excluding hydrogens is 400 g/mol. The second kappa shape index (κ2) is 5.80. The molecule has 12 nitrogen and oxygen atoms in total. The minimum absolute atomic E-state index is 0.611. The summed E-state index contributed by atoms with van der Waals surface area (Å²) in [4.78, 5) is 19.4. The molecule has 0 radical (unpaired) electrons. The number of benzene rings is 2. The van der Waals surface area contributed by atoms with Crippen LogP contribution in [0.5, 0.6) is 11.5 Å². The molecule has 0 bridgehead atoms. The number of aromatic hydroxyl groups is 2. The lowest BCUT2D eigenvalue weighted by molar-refractivity contribution is 0.0649. The van der Waals surface area contributed by atoms with Crippen molar-refractivity contribution in [3.63, 3.8) is 0 Å². The summed E-state index contributed by atoms with van der Waals surface area (Å²) in [5.41, 5.74) is -3.16. The molecule has 2 rings (SSSR count). The van der Waals surface area contributed by atoms with E-state index in [-0.39, 0.29) is 0 Å². The van der Waals surface area contributed by atoms with Crippen LogP contribution in [0.25, 0.3) is 10.8 Å². The first kappa shape index (κ1) is 19.4. The van der Waals surface area contributed by atoms with Crippen molar-refractivity contribution in [1.82, 2.24) is 0 Å². The maximum atomic E-state index is 11.7. The molecule has 0 unspecified atom stereocenters. The fraction of sp³-hybridized carbons (Fsp3) is 0. The van der Waals surface area contributed by atoms with Crippen molar-refractivity contribution in [3.8, 4) is 11.5 Å². The van der Waals surface area contributed by atoms with E-state index in [1.165, 1.54) is 0 Å². The van der Waals surface area contributed by atoms with Crippen LogP contribution in [0.1, 0.15) is 20.7 Å². The van der Waals surface area contributed by atoms with Crippen LogP contribution >= 0.6 is 0 Å². The van der Waals surface area contributed by atoms with Gasteiger partial charge in [0.2, 0.25) is 0 Å². The van der Waals surface area contributed by atoms with Gasteiger partial charge in [0.25, 0.3) is 20.2 Å². The molecule has 0 aromatic heterocycles. The van der Waals surface area contributed by atoms with Gasteiger partial charge in [-0.25, -0.2) is 9.59 Å². The van der Waals surface area contributed by atoms with Gasteiger partial charge in [0.15, 0.2) is 11.5 Å². The Morgan fingerprint density at radius 2 is 1.23 bits per heavy atom. The van der Waals surface area contributed by atoms with Crippen molar-refractivity contribution in [2.75, 3.05) is 0 Å². The lowest BCUT2D eigenvalue weighted by Crippen LogP contribution is -2.20. The van der Waals surface area contributed by atoms with Gasteiger partial charge < -0.3 is 20.4 Å². The van der Waals surface area contributed by atoms with Crippen LogP contribution in [0.3, 0.4) is 0 Å². The standard InChI is InChI=1S/C12H8O12S2/c13-4-2-1-3-5(8(4)14)6(11(15)16)7(12(17)18)10(26(22,23)24)9(3)25(19,20)21/h1-2,13-14H,(H,15,16)(H,17,18)(H,19,20,21)(H,22,23,24). The van der Waals surface area contributed by atoms with Gasteiger partial charge in [-0.3, -0.25) is 9.11 Å². The van der Waals surface area contributed by atoms with E-state index in [0.29, 0.717) is 12.1 Å². The zero-order valence-electron chi connectivity index (χ0n) is 12.1. The van der Waals surface area contributed by atoms with Crippen LogP contribution < -0.4 is 0 Å². The second-order valence-corrected chi connectivity index (χ2v) is 7.54. The van der Waals surface area contributed by atoms with Crippen LogP contribution in [-0.4, -0.2) is 58.3 Å². The van der Waals surface area contributed by atoms with Gasteiger partial charge >= 0.3 is 11.9 Å². The van der Waals surface area contributed by atoms with E-state index in [0.717, 1.165) is 0 Å². The van der Waals surface area contributed by atoms with Crippen molar-refractivity contribution < 1.29 is 56.0 Å². The SMILES string of the molecule is O=C(O)c1c(S(=O)(=O)O)c(S(=O)(=O)O)c2ccc(O)c(O)c2c1C(=O)O. The summed E-state index contributed by atoms with van der Waals surface area (Å²) < 4.78 is 65.2. The number of fused-ring (bicyclic) bond motifs is 1. The Morgan fingerprint density at radius 3 is 1.62 bits per heavy atom. The summed E-state index contributed by atoms with van der Waals surface area (Å²) in [7, 11) is -11.2. The average Bonchev–Trinajstić information content (AvgIpc) is 2.46. The molecule has 0 fully saturated rings. The molecule has 26 heavy (non-hydrogen) atoms. The number of hydrogen-bond donors (Lipinski definition) is 6. The normalized spacial score (nSPS) is 12.2. The molecule has 14 heteroatoms. The number of rotatable bonds is 4. The maximum Gasteiger partial charge on any atom is 0.338 e. The summed E-state index contributed by atoms with van der Waals surface area (Å²) in [6, 6.07) is 1.24. The van der Waals surface area contributed by atoms with Gasteiger partial charge in [-0.2, -0.15) is 16.8 Å². The largest absolute Gasteiger partial charge is 0.504 e. The average molecular weight is 408 g/mol. The van der Waals surface area contributed by atoms with E-state index >= 15 is 0 Å². The Hall–Kier alpha value is -2.94. The third-order valence-electron chi connectivity index (χ3n) is 3.28. The maximum absolute atomic E-state index is 11.7. The van der Waals surface area contributed by atoms with Gasteiger partial charge in [-0.05, 0) is 12.1 Å². The van der Waals surface area contributed by atoms with E-state index in [2.05, 4.69) is 0 Å². The molecule has 0 amide bonds. The van der Waals surface area contributed by atoms with Gasteiger partial charge in [0.05, 0.1) is 11.1 Å². The Bertz CT molecular complexity index is 1190. The predicted molar refractivity (Wildman–Crippen MR) is 80.8 cm³/mol. The highest BCUT2D eigenvalue weighted by Crippen LogP contribution is 2.43. The molecule has 6 N–H and O–H groups in total. The van der Waals surface area contributed by atoms with Gasteiger partial charge in [-0.15, -0.1) is 0 Å². The Morgan fingerprint density at radius 1 is 0.769 bits per heavy atom. The fourth-order valence-corrected chi connectivity index (χ4v) is 4.62. The number of phenols is 2. The zero-order valence-corrected chi connectivity index (χ0v) is 13.7. The first-order valence-corrected chi connectivity index (χ1v) is 9.03. The quantitative estimate of drug-likeness (QED) is 0.293. The Balaban J connectivity index is 3.53. The van der Waals surface area contributed by atoms with Gasteiger partial charge in [0.1, 0.15) is 9.79 Å². The molecule has 0 aliphatic heterocycles. The van der Waals surface area contributed by atoms with Gasteiger partial charge in [0, 0.05) is 10.8 Å². The topological polar surface area (TPSA) is 224 Å². The van der Waals surface area contributed by atoms with Crippen molar-refractivity contribution >= 4 is 42.9 Å². The highest BCUT2D eigenvalue weighted by Gasteiger charge is 2.38. The van der Waals surface area contributed by atoms with Crippen molar-refractivity contribution in [1.29, 1.82) is 0 Å². The third kappa shape index (κ3) is 2.90. The molecule has 0 aliphatic rings. The molecule has 0 spiro atoms. The number of carbonyl (C=O) groups is 2. The Kier molecular flexibility index (Phi) is 4.33. The first-order valence-electron chi connectivity index (χ1n) is 6.15. The van der Waals surface area contributed by atoms with Crippen LogP contribution in [0.2, 0.25) is 0 Å². The van der Waals surface area contributed by atoms with Crippen molar-refractivity contribution in [3.05, 3.63) is 23.3 Å². The highest BCUT2D eigenvalue weighted by atomic mass is 32.2. The van der Waals surface area contributed by atoms with E-state index in [9.17, 15) is 56.0 Å². The summed E-state index contributed by atoms with van der Waals surface area (Å²) >= 11 is 0. The number of phenolic OH excluding ortho intramolecular Hbond substituents is 2. The number of carboxylic acid groups (broad SMARTS) is 2.